The first-order chi connectivity index (χ1) is 16.0. The Morgan fingerprint density at radius 2 is 1.45 bits per heavy atom. The molecule has 7 rings (SSSR count). The molecule has 3 aromatic rings. The van der Waals surface area contributed by atoms with Crippen LogP contribution in [0.15, 0.2) is 72.8 Å². The summed E-state index contributed by atoms with van der Waals surface area (Å²) in [6.45, 7) is 2.11. The van der Waals surface area contributed by atoms with Crippen LogP contribution in [-0.4, -0.2) is 24.9 Å². The maximum atomic E-state index is 14.0. The van der Waals surface area contributed by atoms with Crippen molar-refractivity contribution >= 4 is 23.5 Å². The molecule has 0 spiro atoms. The first kappa shape index (κ1) is 19.9. The van der Waals surface area contributed by atoms with Gasteiger partial charge in [-0.3, -0.25) is 9.59 Å². The van der Waals surface area contributed by atoms with Crippen LogP contribution in [0.25, 0.3) is 0 Å². The number of anilines is 1. The van der Waals surface area contributed by atoms with Gasteiger partial charge < -0.3 is 4.74 Å². The number of methoxy groups -OCH3 is 1. The van der Waals surface area contributed by atoms with Gasteiger partial charge in [-0.05, 0) is 52.9 Å². The Morgan fingerprint density at radius 1 is 0.879 bits per heavy atom. The molecule has 5 nitrogen and oxygen atoms in total. The van der Waals surface area contributed by atoms with Gasteiger partial charge in [-0.2, -0.15) is 0 Å². The molecular formula is C28H23NO4. The summed E-state index contributed by atoms with van der Waals surface area (Å²) in [7, 11) is 1.32. The number of carbonyl (C=O) groups is 3. The van der Waals surface area contributed by atoms with Crippen molar-refractivity contribution < 1.29 is 19.1 Å². The van der Waals surface area contributed by atoms with E-state index in [1.165, 1.54) is 23.1 Å². The van der Waals surface area contributed by atoms with E-state index in [-0.39, 0.29) is 17.7 Å². The van der Waals surface area contributed by atoms with Crippen LogP contribution in [0.5, 0.6) is 0 Å². The normalized spacial score (nSPS) is 26.6. The van der Waals surface area contributed by atoms with Gasteiger partial charge in [0.1, 0.15) is 0 Å². The second kappa shape index (κ2) is 6.88. The van der Waals surface area contributed by atoms with Crippen LogP contribution in [0.2, 0.25) is 0 Å². The molecule has 1 fully saturated rings. The maximum absolute atomic E-state index is 14.0. The Kier molecular flexibility index (Phi) is 4.15. The molecule has 0 N–H and O–H groups in total. The number of esters is 1. The molecule has 1 heterocycles. The standard InChI is InChI=1S/C28H23NO4/c1-3-28-20-10-6-4-8-18(20)22(19-9-5-7-11-21(19)28)23-24(28)26(31)29(25(23)30)17-14-12-16(13-15-17)27(32)33-2/h4-15,22-24H,3H2,1-2H3/t22?,23-,24-,28?/m0/s1. The van der Waals surface area contributed by atoms with E-state index in [2.05, 4.69) is 31.2 Å². The monoisotopic (exact) mass is 437 g/mol. The van der Waals surface area contributed by atoms with Gasteiger partial charge in [-0.15, -0.1) is 0 Å². The van der Waals surface area contributed by atoms with Crippen molar-refractivity contribution in [3.05, 3.63) is 101 Å². The molecule has 164 valence electrons. The second-order valence-electron chi connectivity index (χ2n) is 9.03. The summed E-state index contributed by atoms with van der Waals surface area (Å²) in [6, 6.07) is 23.1. The van der Waals surface area contributed by atoms with Gasteiger partial charge in [-0.25, -0.2) is 9.69 Å². The molecular weight excluding hydrogens is 414 g/mol. The van der Waals surface area contributed by atoms with E-state index < -0.39 is 23.2 Å². The average Bonchev–Trinajstić information content (AvgIpc) is 3.14. The van der Waals surface area contributed by atoms with E-state index in [0.29, 0.717) is 11.3 Å². The highest BCUT2D eigenvalue weighted by Gasteiger charge is 2.67. The first-order valence-electron chi connectivity index (χ1n) is 11.3. The van der Waals surface area contributed by atoms with Crippen LogP contribution in [0.3, 0.4) is 0 Å². The smallest absolute Gasteiger partial charge is 0.337 e. The molecule has 4 aliphatic rings. The fourth-order valence-electron chi connectivity index (χ4n) is 6.65. The van der Waals surface area contributed by atoms with Crippen LogP contribution in [0, 0.1) is 11.8 Å². The van der Waals surface area contributed by atoms with E-state index in [9.17, 15) is 14.4 Å². The lowest BCUT2D eigenvalue weighted by atomic mass is 9.46. The molecule has 2 bridgehead atoms. The SMILES string of the molecule is CCC12c3ccccc3C(c3ccccc31)[C@@H]1C(=O)N(c3ccc(C(=O)OC)cc3)C(=O)[C@H]12. The molecule has 1 saturated heterocycles. The summed E-state index contributed by atoms with van der Waals surface area (Å²) in [5.41, 5.74) is 4.98. The van der Waals surface area contributed by atoms with Crippen molar-refractivity contribution in [2.24, 2.45) is 11.8 Å². The highest BCUT2D eigenvalue weighted by atomic mass is 16.5. The molecule has 0 saturated carbocycles. The average molecular weight is 437 g/mol. The minimum absolute atomic E-state index is 0.147. The topological polar surface area (TPSA) is 63.7 Å². The van der Waals surface area contributed by atoms with E-state index in [4.69, 9.17) is 4.74 Å². The van der Waals surface area contributed by atoms with Gasteiger partial charge >= 0.3 is 5.97 Å². The third-order valence-corrected chi connectivity index (χ3v) is 7.90. The quantitative estimate of drug-likeness (QED) is 0.449. The molecule has 2 atom stereocenters. The zero-order valence-electron chi connectivity index (χ0n) is 18.4. The molecule has 2 amide bonds. The van der Waals surface area contributed by atoms with Crippen molar-refractivity contribution in [3.8, 4) is 0 Å². The largest absolute Gasteiger partial charge is 0.465 e. The summed E-state index contributed by atoms with van der Waals surface area (Å²) < 4.78 is 4.77. The Balaban J connectivity index is 1.54. The Morgan fingerprint density at radius 3 is 2.00 bits per heavy atom. The molecule has 0 aromatic heterocycles. The number of amides is 2. The molecule has 5 heteroatoms. The van der Waals surface area contributed by atoms with Gasteiger partial charge in [-0.1, -0.05) is 55.5 Å². The summed E-state index contributed by atoms with van der Waals surface area (Å²) in [5.74, 6) is -1.82. The van der Waals surface area contributed by atoms with Crippen molar-refractivity contribution in [1.82, 2.24) is 0 Å². The summed E-state index contributed by atoms with van der Waals surface area (Å²) >= 11 is 0. The molecule has 3 aromatic carbocycles. The first-order valence-corrected chi connectivity index (χ1v) is 11.3. The van der Waals surface area contributed by atoms with Gasteiger partial charge in [0.15, 0.2) is 0 Å². The highest BCUT2D eigenvalue weighted by Crippen LogP contribution is 2.65. The number of ether oxygens (including phenoxy) is 1. The fraction of sp³-hybridized carbons (Fsp3) is 0.250. The Labute approximate surface area is 192 Å². The lowest BCUT2D eigenvalue weighted by molar-refractivity contribution is -0.123. The van der Waals surface area contributed by atoms with Gasteiger partial charge in [0.25, 0.3) is 0 Å². The van der Waals surface area contributed by atoms with Crippen molar-refractivity contribution in [1.29, 1.82) is 0 Å². The van der Waals surface area contributed by atoms with Crippen LogP contribution >= 0.6 is 0 Å². The predicted molar refractivity (Wildman–Crippen MR) is 123 cm³/mol. The summed E-state index contributed by atoms with van der Waals surface area (Å²) in [6.07, 6.45) is 0.725. The van der Waals surface area contributed by atoms with E-state index in [1.807, 2.05) is 24.3 Å². The number of hydrogen-bond acceptors (Lipinski definition) is 4. The van der Waals surface area contributed by atoms with Crippen molar-refractivity contribution in [2.75, 3.05) is 12.0 Å². The summed E-state index contributed by atoms with van der Waals surface area (Å²) in [4.78, 5) is 41.1. The zero-order valence-corrected chi connectivity index (χ0v) is 18.4. The second-order valence-corrected chi connectivity index (χ2v) is 9.03. The molecule has 0 radical (unpaired) electrons. The third-order valence-electron chi connectivity index (χ3n) is 7.90. The Bertz CT molecular complexity index is 1280. The number of hydrogen-bond donors (Lipinski definition) is 0. The van der Waals surface area contributed by atoms with Crippen LogP contribution in [0.1, 0.15) is 51.9 Å². The highest BCUT2D eigenvalue weighted by molar-refractivity contribution is 6.23. The van der Waals surface area contributed by atoms with Crippen molar-refractivity contribution in [3.63, 3.8) is 0 Å². The fourth-order valence-corrected chi connectivity index (χ4v) is 6.65. The minimum atomic E-state index is -0.542. The van der Waals surface area contributed by atoms with Gasteiger partial charge in [0, 0.05) is 11.3 Å². The lowest BCUT2D eigenvalue weighted by Gasteiger charge is -2.54. The number of imide groups is 1. The Hall–Kier alpha value is -3.73. The van der Waals surface area contributed by atoms with Crippen LogP contribution in [0.4, 0.5) is 5.69 Å². The molecule has 1 aliphatic heterocycles. The molecule has 3 aliphatic carbocycles. The minimum Gasteiger partial charge on any atom is -0.465 e. The third kappa shape index (κ3) is 2.34. The van der Waals surface area contributed by atoms with Crippen molar-refractivity contribution in [2.45, 2.75) is 24.7 Å². The molecule has 0 unspecified atom stereocenters. The van der Waals surface area contributed by atoms with Crippen LogP contribution in [-0.2, 0) is 19.7 Å². The maximum Gasteiger partial charge on any atom is 0.337 e. The van der Waals surface area contributed by atoms with Gasteiger partial charge in [0.2, 0.25) is 11.8 Å². The van der Waals surface area contributed by atoms with Gasteiger partial charge in [0.05, 0.1) is 30.2 Å². The lowest BCUT2D eigenvalue weighted by Crippen LogP contribution is -2.53. The van der Waals surface area contributed by atoms with E-state index >= 15 is 0 Å². The number of nitrogens with zero attached hydrogens (tertiary/aromatic N) is 1. The summed E-state index contributed by atoms with van der Waals surface area (Å²) in [5, 5.41) is 0. The number of benzene rings is 3. The number of carbonyl (C=O) groups excluding carboxylic acids is 3. The predicted octanol–water partition coefficient (Wildman–Crippen LogP) is 4.43. The van der Waals surface area contributed by atoms with E-state index in [0.717, 1.165) is 17.5 Å². The number of rotatable bonds is 3. The zero-order chi connectivity index (χ0) is 22.9. The molecule has 33 heavy (non-hydrogen) atoms. The van der Waals surface area contributed by atoms with E-state index in [1.54, 1.807) is 24.3 Å². The van der Waals surface area contributed by atoms with Crippen LogP contribution < -0.4 is 4.90 Å².